The molecule has 2 N–H and O–H groups in total. The summed E-state index contributed by atoms with van der Waals surface area (Å²) < 4.78 is 5.09. The van der Waals surface area contributed by atoms with Gasteiger partial charge in [0.1, 0.15) is 15.5 Å². The molecule has 1 amide bonds. The van der Waals surface area contributed by atoms with E-state index in [1.165, 1.54) is 0 Å². The van der Waals surface area contributed by atoms with E-state index in [9.17, 15) is 14.4 Å². The van der Waals surface area contributed by atoms with Crippen LogP contribution in [0.1, 0.15) is 40.8 Å². The molecule has 1 aliphatic carbocycles. The maximum absolute atomic E-state index is 12.2. The smallest absolute Gasteiger partial charge is 0.349 e. The number of amides is 1. The molecule has 2 aromatic heterocycles. The summed E-state index contributed by atoms with van der Waals surface area (Å²) in [4.78, 5) is 43.7. The van der Waals surface area contributed by atoms with Gasteiger partial charge in [-0.25, -0.2) is 9.78 Å². The molecule has 128 valence electrons. The third-order valence-corrected chi connectivity index (χ3v) is 5.32. The van der Waals surface area contributed by atoms with E-state index in [4.69, 9.17) is 4.74 Å². The molecule has 7 nitrogen and oxygen atoms in total. The zero-order valence-electron chi connectivity index (χ0n) is 13.8. The van der Waals surface area contributed by atoms with Crippen molar-refractivity contribution in [1.29, 1.82) is 0 Å². The van der Waals surface area contributed by atoms with Crippen LogP contribution in [-0.2, 0) is 9.53 Å². The molecular formula is C16H19N3O4S. The number of carbonyl (C=O) groups is 2. The summed E-state index contributed by atoms with van der Waals surface area (Å²) in [5.74, 6) is 0.104. The number of nitrogens with zero attached hydrogens (tertiary/aromatic N) is 1. The van der Waals surface area contributed by atoms with Gasteiger partial charge in [0.2, 0.25) is 0 Å². The van der Waals surface area contributed by atoms with Crippen molar-refractivity contribution in [2.45, 2.75) is 39.7 Å². The fourth-order valence-electron chi connectivity index (χ4n) is 2.65. The van der Waals surface area contributed by atoms with Gasteiger partial charge in [-0.05, 0) is 45.1 Å². The first kappa shape index (κ1) is 16.6. The van der Waals surface area contributed by atoms with Crippen LogP contribution in [0.2, 0.25) is 0 Å². The molecule has 0 bridgehead atoms. The lowest BCUT2D eigenvalue weighted by Gasteiger charge is -2.12. The minimum absolute atomic E-state index is 0.105. The molecule has 1 atom stereocenters. The zero-order valence-corrected chi connectivity index (χ0v) is 14.6. The highest BCUT2D eigenvalue weighted by Gasteiger charge is 2.29. The average Bonchev–Trinajstić information content (AvgIpc) is 3.29. The molecule has 0 unspecified atom stereocenters. The van der Waals surface area contributed by atoms with Gasteiger partial charge in [0.25, 0.3) is 11.5 Å². The maximum Gasteiger partial charge on any atom is 0.349 e. The molecular weight excluding hydrogens is 330 g/mol. The molecule has 8 heteroatoms. The monoisotopic (exact) mass is 349 g/mol. The number of aryl methyl sites for hydroxylation is 2. The van der Waals surface area contributed by atoms with Crippen molar-refractivity contribution >= 4 is 33.4 Å². The Morgan fingerprint density at radius 3 is 2.79 bits per heavy atom. The van der Waals surface area contributed by atoms with Gasteiger partial charge in [0, 0.05) is 6.04 Å². The van der Waals surface area contributed by atoms with Gasteiger partial charge in [0.15, 0.2) is 6.61 Å². The molecule has 0 aromatic carbocycles. The molecule has 0 aliphatic heterocycles. The maximum atomic E-state index is 12.2. The first-order valence-corrected chi connectivity index (χ1v) is 8.65. The van der Waals surface area contributed by atoms with Crippen molar-refractivity contribution in [2.75, 3.05) is 6.61 Å². The summed E-state index contributed by atoms with van der Waals surface area (Å²) in [7, 11) is 0. The van der Waals surface area contributed by atoms with Gasteiger partial charge in [-0.3, -0.25) is 9.59 Å². The van der Waals surface area contributed by atoms with Gasteiger partial charge in [-0.2, -0.15) is 0 Å². The van der Waals surface area contributed by atoms with Crippen LogP contribution in [0.3, 0.4) is 0 Å². The third kappa shape index (κ3) is 3.33. The van der Waals surface area contributed by atoms with E-state index in [2.05, 4.69) is 15.3 Å². The van der Waals surface area contributed by atoms with Crippen molar-refractivity contribution in [2.24, 2.45) is 5.92 Å². The van der Waals surface area contributed by atoms with Crippen LogP contribution in [0.15, 0.2) is 4.79 Å². The molecule has 2 heterocycles. The summed E-state index contributed by atoms with van der Waals surface area (Å²) in [6, 6.07) is 0.105. The first-order chi connectivity index (χ1) is 11.4. The van der Waals surface area contributed by atoms with Crippen molar-refractivity contribution in [1.82, 2.24) is 15.3 Å². The Morgan fingerprint density at radius 2 is 2.12 bits per heavy atom. The van der Waals surface area contributed by atoms with Gasteiger partial charge in [0.05, 0.1) is 5.39 Å². The fourth-order valence-corrected chi connectivity index (χ4v) is 3.77. The number of fused-ring (bicyclic) bond motifs is 1. The van der Waals surface area contributed by atoms with Crippen LogP contribution in [-0.4, -0.2) is 34.5 Å². The van der Waals surface area contributed by atoms with Gasteiger partial charge in [-0.15, -0.1) is 11.3 Å². The molecule has 2 aromatic rings. The predicted octanol–water partition coefficient (Wildman–Crippen LogP) is 1.67. The number of H-pyrrole nitrogens is 1. The third-order valence-electron chi connectivity index (χ3n) is 4.16. The molecule has 24 heavy (non-hydrogen) atoms. The number of carbonyl (C=O) groups excluding carboxylic acids is 2. The normalized spacial score (nSPS) is 15.3. The summed E-state index contributed by atoms with van der Waals surface area (Å²) >= 11 is 1.10. The number of nitrogens with one attached hydrogen (secondary N) is 2. The Bertz CT molecular complexity index is 866. The highest BCUT2D eigenvalue weighted by atomic mass is 32.1. The van der Waals surface area contributed by atoms with Crippen LogP contribution < -0.4 is 10.9 Å². The van der Waals surface area contributed by atoms with Crippen LogP contribution in [0, 0.1) is 19.8 Å². The topological polar surface area (TPSA) is 101 Å². The van der Waals surface area contributed by atoms with E-state index in [0.717, 1.165) is 24.2 Å². The minimum Gasteiger partial charge on any atom is -0.451 e. The molecule has 1 saturated carbocycles. The zero-order chi connectivity index (χ0) is 17.4. The van der Waals surface area contributed by atoms with E-state index >= 15 is 0 Å². The van der Waals surface area contributed by atoms with Crippen molar-refractivity contribution in [3.05, 3.63) is 26.6 Å². The number of rotatable bonds is 5. The Balaban J connectivity index is 1.70. The second kappa shape index (κ2) is 6.35. The number of aromatic nitrogens is 2. The van der Waals surface area contributed by atoms with Crippen LogP contribution in [0.25, 0.3) is 10.2 Å². The number of ether oxygens (including phenoxy) is 1. The lowest BCUT2D eigenvalue weighted by molar-refractivity contribution is -0.124. The second-order valence-electron chi connectivity index (χ2n) is 6.16. The number of esters is 1. The Kier molecular flexibility index (Phi) is 4.40. The van der Waals surface area contributed by atoms with E-state index in [0.29, 0.717) is 32.4 Å². The van der Waals surface area contributed by atoms with E-state index in [1.807, 2.05) is 6.92 Å². The van der Waals surface area contributed by atoms with Crippen LogP contribution in [0.4, 0.5) is 0 Å². The molecule has 0 saturated heterocycles. The van der Waals surface area contributed by atoms with Crippen molar-refractivity contribution in [3.8, 4) is 0 Å². The lowest BCUT2D eigenvalue weighted by Crippen LogP contribution is -2.37. The minimum atomic E-state index is -0.609. The summed E-state index contributed by atoms with van der Waals surface area (Å²) in [5.41, 5.74) is 0.252. The molecule has 1 fully saturated rings. The molecule has 0 radical (unpaired) electrons. The standard InChI is InChI=1S/C16H19N3O4S/c1-7-12-14(21)18-9(3)19-15(12)24-13(7)16(22)23-6-11(20)17-8(2)10-4-5-10/h8,10H,4-6H2,1-3H3,(H,17,20)(H,18,19,21)/t8-/m1/s1. The number of hydrogen-bond donors (Lipinski definition) is 2. The van der Waals surface area contributed by atoms with Gasteiger partial charge < -0.3 is 15.0 Å². The lowest BCUT2D eigenvalue weighted by atomic mass is 10.2. The number of aromatic amines is 1. The Morgan fingerprint density at radius 1 is 1.42 bits per heavy atom. The van der Waals surface area contributed by atoms with Crippen LogP contribution >= 0.6 is 11.3 Å². The summed E-state index contributed by atoms with van der Waals surface area (Å²) in [5, 5.41) is 3.22. The first-order valence-electron chi connectivity index (χ1n) is 7.83. The van der Waals surface area contributed by atoms with Gasteiger partial charge >= 0.3 is 5.97 Å². The van der Waals surface area contributed by atoms with Crippen molar-refractivity contribution < 1.29 is 14.3 Å². The highest BCUT2D eigenvalue weighted by molar-refractivity contribution is 7.20. The SMILES string of the molecule is Cc1nc2sc(C(=O)OCC(=O)N[C@H](C)C3CC3)c(C)c2c(=O)[nH]1. The molecule has 0 spiro atoms. The second-order valence-corrected chi connectivity index (χ2v) is 7.16. The van der Waals surface area contributed by atoms with E-state index in [-0.39, 0.29) is 24.1 Å². The molecule has 3 rings (SSSR count). The van der Waals surface area contributed by atoms with Crippen molar-refractivity contribution in [3.63, 3.8) is 0 Å². The number of thiophene rings is 1. The average molecular weight is 349 g/mol. The highest BCUT2D eigenvalue weighted by Crippen LogP contribution is 2.32. The fraction of sp³-hybridized carbons (Fsp3) is 0.500. The Hall–Kier alpha value is -2.22. The predicted molar refractivity (Wildman–Crippen MR) is 90.3 cm³/mol. The summed E-state index contributed by atoms with van der Waals surface area (Å²) in [6.45, 7) is 4.98. The van der Waals surface area contributed by atoms with E-state index < -0.39 is 5.97 Å². The Labute approximate surface area is 142 Å². The number of hydrogen-bond acceptors (Lipinski definition) is 6. The largest absolute Gasteiger partial charge is 0.451 e. The quantitative estimate of drug-likeness (QED) is 0.800. The van der Waals surface area contributed by atoms with E-state index in [1.54, 1.807) is 13.8 Å². The summed E-state index contributed by atoms with van der Waals surface area (Å²) in [6.07, 6.45) is 2.26. The molecule has 1 aliphatic rings. The van der Waals surface area contributed by atoms with Crippen LogP contribution in [0.5, 0.6) is 0 Å². The van der Waals surface area contributed by atoms with Gasteiger partial charge in [-0.1, -0.05) is 0 Å².